The Kier molecular flexibility index (Phi) is 2.48. The third-order valence-corrected chi connectivity index (χ3v) is 2.45. The van der Waals surface area contributed by atoms with Crippen molar-refractivity contribution in [3.8, 4) is 0 Å². The molecule has 1 aliphatic heterocycles. The van der Waals surface area contributed by atoms with Crippen molar-refractivity contribution in [2.75, 3.05) is 13.1 Å². The lowest BCUT2D eigenvalue weighted by Crippen LogP contribution is -2.46. The lowest BCUT2D eigenvalue weighted by Gasteiger charge is -2.25. The van der Waals surface area contributed by atoms with E-state index in [1.54, 1.807) is 0 Å². The van der Waals surface area contributed by atoms with Gasteiger partial charge in [-0.2, -0.15) is 0 Å². The van der Waals surface area contributed by atoms with Crippen LogP contribution in [0, 0.1) is 23.4 Å². The minimum Gasteiger partial charge on any atom is -0.315 e. The number of Topliss-reactive ketones (excluding diaryl/α,β-unsaturated/α-hetero) is 1. The van der Waals surface area contributed by atoms with Crippen LogP contribution in [-0.2, 0) is 0 Å². The summed E-state index contributed by atoms with van der Waals surface area (Å²) in [6.07, 6.45) is 0. The number of carbonyl (C=O) groups excluding carboxylic acids is 1. The molecule has 0 radical (unpaired) electrons. The monoisotopic (exact) mass is 215 g/mol. The Morgan fingerprint density at radius 3 is 2.40 bits per heavy atom. The summed E-state index contributed by atoms with van der Waals surface area (Å²) in [6.45, 7) is 0.911. The smallest absolute Gasteiger partial charge is 0.195 e. The first-order valence-corrected chi connectivity index (χ1v) is 4.49. The Morgan fingerprint density at radius 2 is 1.87 bits per heavy atom. The summed E-state index contributed by atoms with van der Waals surface area (Å²) in [5, 5.41) is 2.85. The molecule has 1 saturated heterocycles. The maximum Gasteiger partial charge on any atom is 0.195 e. The summed E-state index contributed by atoms with van der Waals surface area (Å²) in [6, 6.07) is 1.74. The number of hydrogen-bond donors (Lipinski definition) is 1. The third-order valence-electron chi connectivity index (χ3n) is 2.45. The Morgan fingerprint density at radius 1 is 1.20 bits per heavy atom. The molecule has 1 N–H and O–H groups in total. The third kappa shape index (κ3) is 1.63. The normalized spacial score (nSPS) is 16.2. The zero-order valence-electron chi connectivity index (χ0n) is 7.69. The van der Waals surface area contributed by atoms with Crippen molar-refractivity contribution >= 4 is 5.78 Å². The molecule has 0 bridgehead atoms. The number of rotatable bonds is 2. The SMILES string of the molecule is O=C(c1ccc(F)c(F)c1F)C1CNC1. The summed E-state index contributed by atoms with van der Waals surface area (Å²) in [4.78, 5) is 11.5. The maximum atomic E-state index is 13.2. The van der Waals surface area contributed by atoms with E-state index in [9.17, 15) is 18.0 Å². The molecular formula is C10H8F3NO. The van der Waals surface area contributed by atoms with Gasteiger partial charge in [-0.05, 0) is 12.1 Å². The molecule has 0 atom stereocenters. The van der Waals surface area contributed by atoms with Crippen molar-refractivity contribution in [3.63, 3.8) is 0 Å². The molecular weight excluding hydrogens is 207 g/mol. The van der Waals surface area contributed by atoms with Crippen LogP contribution in [0.25, 0.3) is 0 Å². The van der Waals surface area contributed by atoms with Gasteiger partial charge in [0.15, 0.2) is 23.2 Å². The van der Waals surface area contributed by atoms with Gasteiger partial charge in [0.05, 0.1) is 5.56 Å². The number of carbonyl (C=O) groups is 1. The van der Waals surface area contributed by atoms with Gasteiger partial charge in [0.2, 0.25) is 0 Å². The van der Waals surface area contributed by atoms with Crippen LogP contribution >= 0.6 is 0 Å². The number of hydrogen-bond acceptors (Lipinski definition) is 2. The summed E-state index contributed by atoms with van der Waals surface area (Å²) >= 11 is 0. The standard InChI is InChI=1S/C10H8F3NO/c11-7-2-1-6(8(12)9(7)13)10(15)5-3-14-4-5/h1-2,5,14H,3-4H2. The van der Waals surface area contributed by atoms with E-state index in [0.29, 0.717) is 13.1 Å². The zero-order chi connectivity index (χ0) is 11.0. The van der Waals surface area contributed by atoms with Crippen molar-refractivity contribution in [1.82, 2.24) is 5.32 Å². The fraction of sp³-hybridized carbons (Fsp3) is 0.300. The van der Waals surface area contributed by atoms with E-state index < -0.39 is 23.2 Å². The molecule has 0 amide bonds. The second-order valence-corrected chi connectivity index (χ2v) is 3.44. The van der Waals surface area contributed by atoms with Crippen LogP contribution < -0.4 is 5.32 Å². The van der Waals surface area contributed by atoms with Gasteiger partial charge in [-0.1, -0.05) is 0 Å². The van der Waals surface area contributed by atoms with Crippen LogP contribution in [0.1, 0.15) is 10.4 Å². The van der Waals surface area contributed by atoms with Gasteiger partial charge in [-0.15, -0.1) is 0 Å². The molecule has 1 aromatic rings. The molecule has 0 saturated carbocycles. The topological polar surface area (TPSA) is 29.1 Å². The predicted octanol–water partition coefficient (Wildman–Crippen LogP) is 1.51. The van der Waals surface area contributed by atoms with E-state index in [2.05, 4.69) is 5.32 Å². The van der Waals surface area contributed by atoms with Crippen LogP contribution in [0.2, 0.25) is 0 Å². The van der Waals surface area contributed by atoms with E-state index in [1.165, 1.54) is 0 Å². The van der Waals surface area contributed by atoms with Crippen molar-refractivity contribution in [3.05, 3.63) is 35.1 Å². The van der Waals surface area contributed by atoms with Gasteiger partial charge >= 0.3 is 0 Å². The van der Waals surface area contributed by atoms with Crippen LogP contribution in [0.3, 0.4) is 0 Å². The summed E-state index contributed by atoms with van der Waals surface area (Å²) < 4.78 is 38.6. The average Bonchev–Trinajstić information content (AvgIpc) is 2.11. The molecule has 2 rings (SSSR count). The highest BCUT2D eigenvalue weighted by molar-refractivity contribution is 5.98. The maximum absolute atomic E-state index is 13.2. The summed E-state index contributed by atoms with van der Waals surface area (Å²) in [5.74, 6) is -5.08. The largest absolute Gasteiger partial charge is 0.315 e. The molecule has 15 heavy (non-hydrogen) atoms. The molecule has 80 valence electrons. The van der Waals surface area contributed by atoms with Gasteiger partial charge < -0.3 is 5.32 Å². The fourth-order valence-electron chi connectivity index (χ4n) is 1.41. The van der Waals surface area contributed by atoms with Crippen LogP contribution in [0.4, 0.5) is 13.2 Å². The highest BCUT2D eigenvalue weighted by Gasteiger charge is 2.29. The van der Waals surface area contributed by atoms with E-state index in [-0.39, 0.29) is 11.5 Å². The van der Waals surface area contributed by atoms with E-state index in [0.717, 1.165) is 12.1 Å². The molecule has 0 aromatic heterocycles. The lowest BCUT2D eigenvalue weighted by molar-refractivity contribution is 0.0872. The Bertz CT molecular complexity index is 415. The predicted molar refractivity (Wildman–Crippen MR) is 47.0 cm³/mol. The van der Waals surface area contributed by atoms with Gasteiger partial charge in [-0.25, -0.2) is 13.2 Å². The first kappa shape index (κ1) is 10.2. The first-order valence-electron chi connectivity index (χ1n) is 4.49. The number of ketones is 1. The number of halogens is 3. The van der Waals surface area contributed by atoms with Gasteiger partial charge in [-0.3, -0.25) is 4.79 Å². The molecule has 0 unspecified atom stereocenters. The highest BCUT2D eigenvalue weighted by Crippen LogP contribution is 2.19. The van der Waals surface area contributed by atoms with Crippen LogP contribution in [-0.4, -0.2) is 18.9 Å². The minimum atomic E-state index is -1.59. The Hall–Kier alpha value is -1.36. The van der Waals surface area contributed by atoms with Crippen molar-refractivity contribution in [2.45, 2.75) is 0 Å². The van der Waals surface area contributed by atoms with Crippen molar-refractivity contribution in [2.24, 2.45) is 5.92 Å². The molecule has 1 aromatic carbocycles. The molecule has 1 aliphatic rings. The Balaban J connectivity index is 2.35. The van der Waals surface area contributed by atoms with E-state index in [1.807, 2.05) is 0 Å². The molecule has 5 heteroatoms. The quantitative estimate of drug-likeness (QED) is 0.598. The molecule has 2 nitrogen and oxygen atoms in total. The van der Waals surface area contributed by atoms with E-state index >= 15 is 0 Å². The molecule has 0 spiro atoms. The number of nitrogens with one attached hydrogen (secondary N) is 1. The van der Waals surface area contributed by atoms with Crippen LogP contribution in [0.15, 0.2) is 12.1 Å². The second-order valence-electron chi connectivity index (χ2n) is 3.44. The summed E-state index contributed by atoms with van der Waals surface area (Å²) in [7, 11) is 0. The lowest BCUT2D eigenvalue weighted by atomic mass is 9.92. The van der Waals surface area contributed by atoms with Crippen molar-refractivity contribution in [1.29, 1.82) is 0 Å². The fourth-order valence-corrected chi connectivity index (χ4v) is 1.41. The molecule has 1 heterocycles. The Labute approximate surface area is 84.1 Å². The van der Waals surface area contributed by atoms with Gasteiger partial charge in [0.25, 0.3) is 0 Å². The number of benzene rings is 1. The summed E-state index contributed by atoms with van der Waals surface area (Å²) in [5.41, 5.74) is -0.375. The highest BCUT2D eigenvalue weighted by atomic mass is 19.2. The second kappa shape index (κ2) is 3.66. The zero-order valence-corrected chi connectivity index (χ0v) is 7.69. The average molecular weight is 215 g/mol. The van der Waals surface area contributed by atoms with E-state index in [4.69, 9.17) is 0 Å². The molecule has 0 aliphatic carbocycles. The minimum absolute atomic E-state index is 0.329. The van der Waals surface area contributed by atoms with Gasteiger partial charge in [0.1, 0.15) is 0 Å². The van der Waals surface area contributed by atoms with Gasteiger partial charge in [0, 0.05) is 19.0 Å². The molecule has 1 fully saturated rings. The first-order chi connectivity index (χ1) is 7.11. The van der Waals surface area contributed by atoms with Crippen LogP contribution in [0.5, 0.6) is 0 Å². The van der Waals surface area contributed by atoms with Crippen molar-refractivity contribution < 1.29 is 18.0 Å².